The molecular weight excluding hydrogens is 230 g/mol. The summed E-state index contributed by atoms with van der Waals surface area (Å²) in [5, 5.41) is 1.14. The molecule has 0 amide bonds. The molecule has 1 unspecified atom stereocenters. The molecule has 1 heterocycles. The lowest BCUT2D eigenvalue weighted by Gasteiger charge is -2.33. The first kappa shape index (κ1) is 11.5. The van der Waals surface area contributed by atoms with Crippen LogP contribution >= 0.6 is 15.9 Å². The predicted octanol–water partition coefficient (Wildman–Crippen LogP) is 2.27. The Kier molecular flexibility index (Phi) is 6.00. The van der Waals surface area contributed by atoms with E-state index in [1.54, 1.807) is 0 Å². The largest absolute Gasteiger partial charge is 0.379 e. The van der Waals surface area contributed by atoms with Crippen LogP contribution in [-0.2, 0) is 4.74 Å². The van der Waals surface area contributed by atoms with Crippen molar-refractivity contribution in [2.45, 2.75) is 32.2 Å². The monoisotopic (exact) mass is 249 g/mol. The summed E-state index contributed by atoms with van der Waals surface area (Å²) in [6.45, 7) is 6.46. The van der Waals surface area contributed by atoms with Crippen LogP contribution in [0.4, 0.5) is 0 Å². The second kappa shape index (κ2) is 6.80. The van der Waals surface area contributed by atoms with Gasteiger partial charge in [-0.05, 0) is 26.3 Å². The zero-order chi connectivity index (χ0) is 9.52. The van der Waals surface area contributed by atoms with Gasteiger partial charge in [0.05, 0.1) is 13.2 Å². The highest BCUT2D eigenvalue weighted by molar-refractivity contribution is 9.09. The van der Waals surface area contributed by atoms with Gasteiger partial charge in [0.25, 0.3) is 0 Å². The quantitative estimate of drug-likeness (QED) is 0.548. The highest BCUT2D eigenvalue weighted by atomic mass is 79.9. The molecule has 0 N–H and O–H groups in total. The number of alkyl halides is 1. The number of nitrogens with zero attached hydrogens (tertiary/aromatic N) is 1. The summed E-state index contributed by atoms with van der Waals surface area (Å²) in [5.74, 6) is 0. The van der Waals surface area contributed by atoms with E-state index in [1.807, 2.05) is 0 Å². The number of morpholine rings is 1. The molecule has 1 aliphatic heterocycles. The molecule has 0 aromatic rings. The summed E-state index contributed by atoms with van der Waals surface area (Å²) in [6.07, 6.45) is 3.98. The van der Waals surface area contributed by atoms with Crippen LogP contribution in [0.15, 0.2) is 0 Å². The number of hydrogen-bond donors (Lipinski definition) is 0. The van der Waals surface area contributed by atoms with E-state index in [0.717, 1.165) is 25.1 Å². The van der Waals surface area contributed by atoms with Crippen molar-refractivity contribution < 1.29 is 4.74 Å². The Morgan fingerprint density at radius 2 is 2.23 bits per heavy atom. The molecule has 0 aliphatic carbocycles. The molecule has 0 aromatic heterocycles. The highest BCUT2D eigenvalue weighted by Gasteiger charge is 2.17. The van der Waals surface area contributed by atoms with Crippen molar-refractivity contribution in [2.75, 3.05) is 31.6 Å². The number of rotatable bonds is 5. The normalized spacial score (nSPS) is 24.9. The van der Waals surface area contributed by atoms with Gasteiger partial charge < -0.3 is 4.74 Å². The van der Waals surface area contributed by atoms with Crippen molar-refractivity contribution >= 4 is 15.9 Å². The molecule has 1 saturated heterocycles. The maximum Gasteiger partial charge on any atom is 0.0619 e. The lowest BCUT2D eigenvalue weighted by molar-refractivity contribution is -0.000858. The number of halogens is 1. The van der Waals surface area contributed by atoms with Crippen LogP contribution < -0.4 is 0 Å². The van der Waals surface area contributed by atoms with Gasteiger partial charge in [-0.1, -0.05) is 22.4 Å². The topological polar surface area (TPSA) is 12.5 Å². The van der Waals surface area contributed by atoms with Gasteiger partial charge in [0.2, 0.25) is 0 Å². The van der Waals surface area contributed by atoms with Gasteiger partial charge in [-0.3, -0.25) is 4.90 Å². The molecule has 3 heteroatoms. The predicted molar refractivity (Wildman–Crippen MR) is 59.5 cm³/mol. The van der Waals surface area contributed by atoms with E-state index in [1.165, 1.54) is 25.8 Å². The number of ether oxygens (including phenoxy) is 1. The summed E-state index contributed by atoms with van der Waals surface area (Å²) in [7, 11) is 0. The SMILES string of the molecule is CC1COCCN1CCCCCBr. The molecule has 0 radical (unpaired) electrons. The van der Waals surface area contributed by atoms with Gasteiger partial charge >= 0.3 is 0 Å². The van der Waals surface area contributed by atoms with Crippen LogP contribution in [0.5, 0.6) is 0 Å². The minimum Gasteiger partial charge on any atom is -0.379 e. The average Bonchev–Trinajstić information content (AvgIpc) is 2.15. The lowest BCUT2D eigenvalue weighted by atomic mass is 10.2. The van der Waals surface area contributed by atoms with Crippen LogP contribution in [0.2, 0.25) is 0 Å². The fourth-order valence-electron chi connectivity index (χ4n) is 1.68. The second-order valence-electron chi connectivity index (χ2n) is 3.71. The van der Waals surface area contributed by atoms with Crippen molar-refractivity contribution in [3.63, 3.8) is 0 Å². The van der Waals surface area contributed by atoms with E-state index in [0.29, 0.717) is 6.04 Å². The molecule has 78 valence electrons. The summed E-state index contributed by atoms with van der Waals surface area (Å²) in [4.78, 5) is 2.54. The Balaban J connectivity index is 2.05. The molecule has 13 heavy (non-hydrogen) atoms. The molecule has 1 fully saturated rings. The van der Waals surface area contributed by atoms with E-state index in [9.17, 15) is 0 Å². The van der Waals surface area contributed by atoms with Crippen molar-refractivity contribution in [2.24, 2.45) is 0 Å². The van der Waals surface area contributed by atoms with E-state index >= 15 is 0 Å². The van der Waals surface area contributed by atoms with E-state index in [-0.39, 0.29) is 0 Å². The molecule has 1 rings (SSSR count). The highest BCUT2D eigenvalue weighted by Crippen LogP contribution is 2.08. The second-order valence-corrected chi connectivity index (χ2v) is 4.50. The summed E-state index contributed by atoms with van der Waals surface area (Å²) in [5.41, 5.74) is 0. The van der Waals surface area contributed by atoms with E-state index in [4.69, 9.17) is 4.74 Å². The Bertz CT molecular complexity index is 132. The van der Waals surface area contributed by atoms with Crippen molar-refractivity contribution in [1.29, 1.82) is 0 Å². The van der Waals surface area contributed by atoms with Gasteiger partial charge in [-0.2, -0.15) is 0 Å². The Labute approximate surface area is 89.8 Å². The molecule has 0 saturated carbocycles. The number of hydrogen-bond acceptors (Lipinski definition) is 2. The maximum atomic E-state index is 5.39. The maximum absolute atomic E-state index is 5.39. The lowest BCUT2D eigenvalue weighted by Crippen LogP contribution is -2.43. The molecule has 0 aromatic carbocycles. The smallest absolute Gasteiger partial charge is 0.0619 e. The Morgan fingerprint density at radius 3 is 2.92 bits per heavy atom. The third-order valence-electron chi connectivity index (χ3n) is 2.58. The standard InChI is InChI=1S/C10H20BrNO/c1-10-9-13-8-7-12(10)6-4-2-3-5-11/h10H,2-9H2,1H3. The Morgan fingerprint density at radius 1 is 1.38 bits per heavy atom. The molecular formula is C10H20BrNO. The first-order chi connectivity index (χ1) is 6.34. The van der Waals surface area contributed by atoms with E-state index < -0.39 is 0 Å². The van der Waals surface area contributed by atoms with Gasteiger partial charge in [0.1, 0.15) is 0 Å². The molecule has 0 spiro atoms. The van der Waals surface area contributed by atoms with Crippen LogP contribution in [0, 0.1) is 0 Å². The summed E-state index contributed by atoms with van der Waals surface area (Å²) in [6, 6.07) is 0.623. The van der Waals surface area contributed by atoms with Crippen LogP contribution in [0.1, 0.15) is 26.2 Å². The third-order valence-corrected chi connectivity index (χ3v) is 3.14. The molecule has 0 bridgehead atoms. The summed E-state index contributed by atoms with van der Waals surface area (Å²) >= 11 is 3.45. The first-order valence-corrected chi connectivity index (χ1v) is 6.34. The van der Waals surface area contributed by atoms with Crippen LogP contribution in [0.3, 0.4) is 0 Å². The van der Waals surface area contributed by atoms with E-state index in [2.05, 4.69) is 27.8 Å². The molecule has 1 aliphatic rings. The number of unbranched alkanes of at least 4 members (excludes halogenated alkanes) is 2. The third kappa shape index (κ3) is 4.43. The fourth-order valence-corrected chi connectivity index (χ4v) is 2.08. The molecule has 1 atom stereocenters. The minimum atomic E-state index is 0.623. The summed E-state index contributed by atoms with van der Waals surface area (Å²) < 4.78 is 5.39. The van der Waals surface area contributed by atoms with Crippen molar-refractivity contribution in [3.05, 3.63) is 0 Å². The zero-order valence-electron chi connectivity index (χ0n) is 8.47. The van der Waals surface area contributed by atoms with Gasteiger partial charge in [0.15, 0.2) is 0 Å². The minimum absolute atomic E-state index is 0.623. The van der Waals surface area contributed by atoms with Crippen LogP contribution in [-0.4, -0.2) is 42.6 Å². The Hall–Kier alpha value is 0.400. The van der Waals surface area contributed by atoms with Gasteiger partial charge in [-0.15, -0.1) is 0 Å². The zero-order valence-corrected chi connectivity index (χ0v) is 10.1. The van der Waals surface area contributed by atoms with Gasteiger partial charge in [-0.25, -0.2) is 0 Å². The average molecular weight is 250 g/mol. The van der Waals surface area contributed by atoms with Crippen molar-refractivity contribution in [3.8, 4) is 0 Å². The van der Waals surface area contributed by atoms with Crippen molar-refractivity contribution in [1.82, 2.24) is 4.90 Å². The van der Waals surface area contributed by atoms with Crippen LogP contribution in [0.25, 0.3) is 0 Å². The fraction of sp³-hybridized carbons (Fsp3) is 1.00. The first-order valence-electron chi connectivity index (χ1n) is 5.22. The van der Waals surface area contributed by atoms with Gasteiger partial charge in [0, 0.05) is 17.9 Å². The molecule has 2 nitrogen and oxygen atoms in total.